The number of cyclic esters (lactones) is 1. The molecule has 0 spiro atoms. The first-order valence-electron chi connectivity index (χ1n) is 13.2. The van der Waals surface area contributed by atoms with Crippen LogP contribution in [0.25, 0.3) is 0 Å². The van der Waals surface area contributed by atoms with Crippen LogP contribution in [0.2, 0.25) is 0 Å². The van der Waals surface area contributed by atoms with Crippen molar-refractivity contribution in [3.05, 3.63) is 11.6 Å². The minimum absolute atomic E-state index is 0.0608. The van der Waals surface area contributed by atoms with Crippen molar-refractivity contribution < 1.29 is 39.2 Å². The van der Waals surface area contributed by atoms with Crippen LogP contribution >= 0.6 is 0 Å². The van der Waals surface area contributed by atoms with Crippen LogP contribution in [0.5, 0.6) is 0 Å². The number of carbonyl (C=O) groups excluding carboxylic acids is 2. The molecule has 5 aliphatic rings. The van der Waals surface area contributed by atoms with Gasteiger partial charge in [-0.1, -0.05) is 13.8 Å². The van der Waals surface area contributed by atoms with Gasteiger partial charge in [-0.25, -0.2) is 4.79 Å². The topological polar surface area (TPSA) is 130 Å². The molecular weight excluding hydrogens is 452 g/mol. The van der Waals surface area contributed by atoms with Crippen molar-refractivity contribution in [1.29, 1.82) is 0 Å². The first kappa shape index (κ1) is 24.8. The maximum absolute atomic E-state index is 12.3. The summed E-state index contributed by atoms with van der Waals surface area (Å²) in [4.78, 5) is 34.6. The van der Waals surface area contributed by atoms with E-state index in [4.69, 9.17) is 14.6 Å². The number of ether oxygens (including phenoxy) is 2. The third kappa shape index (κ3) is 3.74. The lowest BCUT2D eigenvalue weighted by Crippen LogP contribution is -2.67. The number of carboxylic acid groups (broad SMARTS) is 1. The summed E-state index contributed by atoms with van der Waals surface area (Å²) in [7, 11) is 0. The van der Waals surface area contributed by atoms with E-state index in [0.29, 0.717) is 18.8 Å². The van der Waals surface area contributed by atoms with Crippen molar-refractivity contribution in [3.8, 4) is 0 Å². The summed E-state index contributed by atoms with van der Waals surface area (Å²) in [5.41, 5.74) is -0.875. The molecule has 8 nitrogen and oxygen atoms in total. The van der Waals surface area contributed by atoms with Gasteiger partial charge < -0.3 is 24.8 Å². The van der Waals surface area contributed by atoms with E-state index >= 15 is 0 Å². The molecule has 0 bridgehead atoms. The van der Waals surface area contributed by atoms with E-state index in [1.807, 2.05) is 6.92 Å². The van der Waals surface area contributed by atoms with Crippen molar-refractivity contribution in [2.45, 2.75) is 95.9 Å². The normalized spacial score (nSPS) is 46.6. The molecule has 5 rings (SSSR count). The molecular formula is C27H38O8. The zero-order valence-corrected chi connectivity index (χ0v) is 20.7. The molecule has 1 heterocycles. The highest BCUT2D eigenvalue weighted by molar-refractivity contribution is 5.85. The lowest BCUT2D eigenvalue weighted by atomic mass is 9.42. The van der Waals surface area contributed by atoms with Gasteiger partial charge in [0, 0.05) is 11.5 Å². The van der Waals surface area contributed by atoms with Gasteiger partial charge in [0.1, 0.15) is 12.7 Å². The Morgan fingerprint density at radius 1 is 1.09 bits per heavy atom. The van der Waals surface area contributed by atoms with Crippen molar-refractivity contribution in [1.82, 2.24) is 0 Å². The van der Waals surface area contributed by atoms with Crippen molar-refractivity contribution in [3.63, 3.8) is 0 Å². The van der Waals surface area contributed by atoms with Crippen LogP contribution in [0.1, 0.15) is 78.1 Å². The minimum Gasteiger partial charge on any atom is -0.481 e. The largest absolute Gasteiger partial charge is 0.481 e. The van der Waals surface area contributed by atoms with E-state index in [-0.39, 0.29) is 54.7 Å². The van der Waals surface area contributed by atoms with Crippen molar-refractivity contribution in [2.75, 3.05) is 6.61 Å². The zero-order chi connectivity index (χ0) is 25.2. The van der Waals surface area contributed by atoms with Gasteiger partial charge in [0.15, 0.2) is 0 Å². The lowest BCUT2D eigenvalue weighted by molar-refractivity contribution is -0.245. The number of hydrogen-bond donors (Lipinski definition) is 3. The Morgan fingerprint density at radius 2 is 1.86 bits per heavy atom. The maximum atomic E-state index is 12.3. The van der Waals surface area contributed by atoms with Crippen LogP contribution in [0, 0.1) is 34.5 Å². The lowest BCUT2D eigenvalue weighted by Gasteiger charge is -2.65. The van der Waals surface area contributed by atoms with Gasteiger partial charge in [0.25, 0.3) is 0 Å². The first-order valence-corrected chi connectivity index (χ1v) is 13.2. The second-order valence-electron chi connectivity index (χ2n) is 12.1. The number of carbonyl (C=O) groups is 3. The standard InChI is InChI=1S/C27H38O8/c1-25-9-7-17(35-23(31)6-5-22(29)30)12-16(25)3-4-19-20(25)13-21(28)26(2)18(8-10-27(19,26)33)15-11-24(32)34-14-15/h11,16-21,28,33H,3-10,12-14H2,1-2H3,(H,29,30)/t16-,17+,18-,19-,20+,21?,25+,26+,27+/m1/s1. The summed E-state index contributed by atoms with van der Waals surface area (Å²) in [5.74, 6) is -1.28. The molecule has 4 aliphatic carbocycles. The molecule has 1 unspecified atom stereocenters. The van der Waals surface area contributed by atoms with Gasteiger partial charge in [-0.3, -0.25) is 9.59 Å². The van der Waals surface area contributed by atoms with Gasteiger partial charge in [-0.15, -0.1) is 0 Å². The summed E-state index contributed by atoms with van der Waals surface area (Å²) in [5, 5.41) is 32.7. The second kappa shape index (κ2) is 8.58. The molecule has 0 saturated heterocycles. The molecule has 0 aromatic carbocycles. The van der Waals surface area contributed by atoms with Crippen LogP contribution in [-0.4, -0.2) is 57.6 Å². The summed E-state index contributed by atoms with van der Waals surface area (Å²) in [6.07, 6.45) is 6.45. The van der Waals surface area contributed by atoms with Gasteiger partial charge >= 0.3 is 17.9 Å². The van der Waals surface area contributed by atoms with E-state index in [9.17, 15) is 24.6 Å². The fourth-order valence-electron chi connectivity index (χ4n) is 8.91. The Bertz CT molecular complexity index is 943. The van der Waals surface area contributed by atoms with Crippen LogP contribution in [0.4, 0.5) is 0 Å². The fraction of sp³-hybridized carbons (Fsp3) is 0.815. The van der Waals surface area contributed by atoms with E-state index in [2.05, 4.69) is 6.92 Å². The number of aliphatic hydroxyl groups is 2. The molecule has 4 saturated carbocycles. The Balaban J connectivity index is 1.33. The number of aliphatic carboxylic acids is 1. The molecule has 0 amide bonds. The van der Waals surface area contributed by atoms with Gasteiger partial charge in [-0.2, -0.15) is 0 Å². The smallest absolute Gasteiger partial charge is 0.331 e. The Kier molecular flexibility index (Phi) is 6.07. The summed E-state index contributed by atoms with van der Waals surface area (Å²) in [6.45, 7) is 4.55. The number of aliphatic hydroxyl groups excluding tert-OH is 1. The quantitative estimate of drug-likeness (QED) is 0.502. The predicted octanol–water partition coefficient (Wildman–Crippen LogP) is 2.99. The molecule has 3 N–H and O–H groups in total. The van der Waals surface area contributed by atoms with Gasteiger partial charge in [0.05, 0.1) is 24.5 Å². The second-order valence-corrected chi connectivity index (χ2v) is 12.1. The molecule has 194 valence electrons. The summed E-state index contributed by atoms with van der Waals surface area (Å²) < 4.78 is 10.8. The predicted molar refractivity (Wildman–Crippen MR) is 124 cm³/mol. The van der Waals surface area contributed by atoms with E-state index in [1.54, 1.807) is 6.08 Å². The highest BCUT2D eigenvalue weighted by atomic mass is 16.5. The van der Waals surface area contributed by atoms with E-state index in [1.165, 1.54) is 0 Å². The van der Waals surface area contributed by atoms with Crippen LogP contribution < -0.4 is 0 Å². The highest BCUT2D eigenvalue weighted by Gasteiger charge is 2.70. The number of hydrogen-bond acceptors (Lipinski definition) is 7. The Morgan fingerprint density at radius 3 is 2.54 bits per heavy atom. The van der Waals surface area contributed by atoms with Crippen molar-refractivity contribution in [2.24, 2.45) is 34.5 Å². The molecule has 4 fully saturated rings. The first-order chi connectivity index (χ1) is 16.5. The average molecular weight is 491 g/mol. The number of fused-ring (bicyclic) bond motifs is 5. The number of esters is 2. The van der Waals surface area contributed by atoms with Gasteiger partial charge in [0.2, 0.25) is 0 Å². The molecule has 35 heavy (non-hydrogen) atoms. The average Bonchev–Trinajstić information content (AvgIpc) is 3.34. The van der Waals surface area contributed by atoms with Crippen LogP contribution in [-0.2, 0) is 23.9 Å². The van der Waals surface area contributed by atoms with Crippen molar-refractivity contribution >= 4 is 17.9 Å². The third-order valence-corrected chi connectivity index (χ3v) is 10.9. The fourth-order valence-corrected chi connectivity index (χ4v) is 8.91. The summed E-state index contributed by atoms with van der Waals surface area (Å²) in [6, 6.07) is 0. The molecule has 0 aromatic rings. The molecule has 0 radical (unpaired) electrons. The molecule has 9 atom stereocenters. The number of carboxylic acids is 1. The van der Waals surface area contributed by atoms with Crippen LogP contribution in [0.15, 0.2) is 11.6 Å². The van der Waals surface area contributed by atoms with E-state index in [0.717, 1.165) is 44.1 Å². The third-order valence-electron chi connectivity index (χ3n) is 10.9. The monoisotopic (exact) mass is 490 g/mol. The molecule has 0 aromatic heterocycles. The summed E-state index contributed by atoms with van der Waals surface area (Å²) >= 11 is 0. The maximum Gasteiger partial charge on any atom is 0.331 e. The van der Waals surface area contributed by atoms with Gasteiger partial charge in [-0.05, 0) is 86.0 Å². The molecule has 8 heteroatoms. The van der Waals surface area contributed by atoms with Crippen LogP contribution in [0.3, 0.4) is 0 Å². The Hall–Kier alpha value is -1.93. The SMILES string of the molecule is C[C@]12CC[C@H](OC(=O)CCC(=O)O)C[C@H]1CC[C@@H]1[C@@H]2CC(O)[C@]2(C)[C@@H](C3=CC(=O)OC3)CC[C@]12O. The van der Waals surface area contributed by atoms with E-state index < -0.39 is 29.1 Å². The Labute approximate surface area is 206 Å². The number of rotatable bonds is 5. The minimum atomic E-state index is -1.00. The molecule has 1 aliphatic heterocycles. The highest BCUT2D eigenvalue weighted by Crippen LogP contribution is 2.70. The zero-order valence-electron chi connectivity index (χ0n) is 20.7.